The van der Waals surface area contributed by atoms with Crippen molar-refractivity contribution in [2.45, 2.75) is 37.8 Å². The molecule has 2 amide bonds. The zero-order valence-electron chi connectivity index (χ0n) is 15.6. The van der Waals surface area contributed by atoms with Gasteiger partial charge >= 0.3 is 0 Å². The summed E-state index contributed by atoms with van der Waals surface area (Å²) in [5, 5.41) is 12.3. The Morgan fingerprint density at radius 1 is 1.36 bits per heavy atom. The lowest BCUT2D eigenvalue weighted by Gasteiger charge is -2.56. The van der Waals surface area contributed by atoms with Gasteiger partial charge < -0.3 is 20.1 Å². The maximum Gasteiger partial charge on any atom is 0.267 e. The third kappa shape index (κ3) is 3.07. The van der Waals surface area contributed by atoms with E-state index in [1.54, 1.807) is 29.1 Å². The fourth-order valence-corrected chi connectivity index (χ4v) is 5.84. The number of aromatic amines is 1. The number of hydrogen-bond donors (Lipinski definition) is 2. The number of nitrogens with zero attached hydrogens (tertiary/aromatic N) is 4. The van der Waals surface area contributed by atoms with E-state index in [1.807, 2.05) is 6.07 Å². The Morgan fingerprint density at radius 3 is 3.04 bits per heavy atom. The van der Waals surface area contributed by atoms with E-state index in [0.29, 0.717) is 30.5 Å². The van der Waals surface area contributed by atoms with E-state index in [0.717, 1.165) is 37.5 Å². The first-order valence-corrected chi connectivity index (χ1v) is 10.8. The van der Waals surface area contributed by atoms with Gasteiger partial charge in [0.15, 0.2) is 0 Å². The number of amides is 2. The van der Waals surface area contributed by atoms with Crippen LogP contribution >= 0.6 is 11.3 Å². The van der Waals surface area contributed by atoms with Gasteiger partial charge in [-0.25, -0.2) is 0 Å². The van der Waals surface area contributed by atoms with Gasteiger partial charge in [-0.15, -0.1) is 10.2 Å². The average Bonchev–Trinajstić information content (AvgIpc) is 3.42. The van der Waals surface area contributed by atoms with Crippen molar-refractivity contribution in [1.82, 2.24) is 25.4 Å². The van der Waals surface area contributed by atoms with E-state index in [2.05, 4.69) is 30.3 Å². The number of nitrogens with one attached hydrogen (secondary N) is 2. The summed E-state index contributed by atoms with van der Waals surface area (Å²) in [6.07, 6.45) is 5.48. The minimum Gasteiger partial charge on any atom is -0.357 e. The number of rotatable bonds is 4. The molecular formula is C19H24N6O2S. The molecule has 2 aromatic rings. The lowest BCUT2D eigenvalue weighted by molar-refractivity contribution is -0.148. The molecule has 3 saturated heterocycles. The molecular weight excluding hydrogens is 376 g/mol. The van der Waals surface area contributed by atoms with E-state index >= 15 is 0 Å². The summed E-state index contributed by atoms with van der Waals surface area (Å²) in [6.45, 7) is 2.27. The van der Waals surface area contributed by atoms with Crippen LogP contribution in [0.2, 0.25) is 0 Å². The highest BCUT2D eigenvalue weighted by Crippen LogP contribution is 2.42. The van der Waals surface area contributed by atoms with Gasteiger partial charge in [0.1, 0.15) is 11.2 Å². The third-order valence-corrected chi connectivity index (χ3v) is 7.18. The van der Waals surface area contributed by atoms with Gasteiger partial charge in [0, 0.05) is 38.3 Å². The number of anilines is 1. The van der Waals surface area contributed by atoms with Crippen LogP contribution in [0.15, 0.2) is 23.8 Å². The lowest BCUT2D eigenvalue weighted by atomic mass is 9.72. The van der Waals surface area contributed by atoms with E-state index in [1.165, 1.54) is 0 Å². The fraction of sp³-hybridized carbons (Fsp3) is 0.579. The Bertz CT molecular complexity index is 839. The number of fused-ring (bicyclic) bond motifs is 4. The van der Waals surface area contributed by atoms with Gasteiger partial charge in [-0.05, 0) is 43.2 Å². The first-order chi connectivity index (χ1) is 13.7. The van der Waals surface area contributed by atoms with Gasteiger partial charge in [0.05, 0.1) is 6.04 Å². The normalized spacial score (nSPS) is 29.5. The van der Waals surface area contributed by atoms with Crippen LogP contribution in [0.1, 0.15) is 36.2 Å². The number of carbonyl (C=O) groups is 2. The molecule has 8 nitrogen and oxygen atoms in total. The highest BCUT2D eigenvalue weighted by molar-refractivity contribution is 7.13. The van der Waals surface area contributed by atoms with Crippen molar-refractivity contribution in [2.24, 2.45) is 11.8 Å². The number of aromatic nitrogens is 3. The Balaban J connectivity index is 1.38. The average molecular weight is 401 g/mol. The molecule has 3 fully saturated rings. The molecule has 2 N–H and O–H groups in total. The topological polar surface area (TPSA) is 94.2 Å². The molecule has 2 aromatic heterocycles. The van der Waals surface area contributed by atoms with Gasteiger partial charge in [-0.3, -0.25) is 9.59 Å². The molecule has 2 bridgehead atoms. The summed E-state index contributed by atoms with van der Waals surface area (Å²) in [6, 6.07) is 3.87. The zero-order chi connectivity index (χ0) is 19.1. The molecule has 148 valence electrons. The van der Waals surface area contributed by atoms with Crippen molar-refractivity contribution in [3.63, 3.8) is 0 Å². The molecule has 4 atom stereocenters. The second kappa shape index (κ2) is 7.20. The highest BCUT2D eigenvalue weighted by atomic mass is 32.1. The second-order valence-corrected chi connectivity index (χ2v) is 8.82. The van der Waals surface area contributed by atoms with Gasteiger partial charge in [0.25, 0.3) is 5.91 Å². The van der Waals surface area contributed by atoms with Crippen LogP contribution in [0.4, 0.5) is 5.13 Å². The van der Waals surface area contributed by atoms with Crippen LogP contribution < -0.4 is 10.2 Å². The van der Waals surface area contributed by atoms with Crippen LogP contribution in [0.25, 0.3) is 0 Å². The summed E-state index contributed by atoms with van der Waals surface area (Å²) < 4.78 is 0. The summed E-state index contributed by atoms with van der Waals surface area (Å²) >= 11 is 1.57. The van der Waals surface area contributed by atoms with Crippen LogP contribution in [0.3, 0.4) is 0 Å². The SMILES string of the molecule is O=C(NC[C@H]1[C@H]2C[C@H](CN(c3nncs3)C2)[C@@H]2CCCC(=O)N21)c1ccc[nH]1. The molecule has 5 rings (SSSR count). The molecule has 0 unspecified atom stereocenters. The predicted molar refractivity (Wildman–Crippen MR) is 105 cm³/mol. The summed E-state index contributed by atoms with van der Waals surface area (Å²) in [5.74, 6) is 0.909. The molecule has 9 heteroatoms. The van der Waals surface area contributed by atoms with Crippen molar-refractivity contribution < 1.29 is 9.59 Å². The smallest absolute Gasteiger partial charge is 0.267 e. The third-order valence-electron chi connectivity index (χ3n) is 6.43. The summed E-state index contributed by atoms with van der Waals surface area (Å²) in [7, 11) is 0. The van der Waals surface area contributed by atoms with Crippen molar-refractivity contribution in [3.8, 4) is 0 Å². The van der Waals surface area contributed by atoms with Gasteiger partial charge in [-0.2, -0.15) is 0 Å². The molecule has 0 saturated carbocycles. The van der Waals surface area contributed by atoms with Crippen molar-refractivity contribution in [3.05, 3.63) is 29.5 Å². The molecule has 28 heavy (non-hydrogen) atoms. The van der Waals surface area contributed by atoms with Crippen LogP contribution in [0.5, 0.6) is 0 Å². The number of carbonyl (C=O) groups excluding carboxylic acids is 2. The summed E-state index contributed by atoms with van der Waals surface area (Å²) in [5.41, 5.74) is 2.32. The minimum atomic E-state index is -0.120. The van der Waals surface area contributed by atoms with Crippen LogP contribution in [0, 0.1) is 11.8 Å². The fourth-order valence-electron chi connectivity index (χ4n) is 5.26. The molecule has 0 aromatic carbocycles. The molecule has 0 spiro atoms. The quantitative estimate of drug-likeness (QED) is 0.811. The second-order valence-electron chi connectivity index (χ2n) is 8.00. The van der Waals surface area contributed by atoms with Crippen molar-refractivity contribution in [2.75, 3.05) is 24.5 Å². The molecule has 5 heterocycles. The molecule has 3 aliphatic rings. The largest absolute Gasteiger partial charge is 0.357 e. The van der Waals surface area contributed by atoms with Crippen LogP contribution in [-0.2, 0) is 4.79 Å². The Kier molecular flexibility index (Phi) is 4.54. The molecule has 0 radical (unpaired) electrons. The minimum absolute atomic E-state index is 0.0312. The molecule has 0 aliphatic carbocycles. The summed E-state index contributed by atoms with van der Waals surface area (Å²) in [4.78, 5) is 32.7. The van der Waals surface area contributed by atoms with Crippen LogP contribution in [-0.4, -0.2) is 63.6 Å². The van der Waals surface area contributed by atoms with Crippen molar-refractivity contribution in [1.29, 1.82) is 0 Å². The number of piperidine rings is 3. The maximum atomic E-state index is 12.8. The lowest BCUT2D eigenvalue weighted by Crippen LogP contribution is -2.67. The highest BCUT2D eigenvalue weighted by Gasteiger charge is 2.49. The van der Waals surface area contributed by atoms with E-state index in [-0.39, 0.29) is 23.9 Å². The Labute approximate surface area is 167 Å². The zero-order valence-corrected chi connectivity index (χ0v) is 16.4. The Hall–Kier alpha value is -2.42. The maximum absolute atomic E-state index is 12.8. The van der Waals surface area contributed by atoms with Gasteiger partial charge in [0.2, 0.25) is 11.0 Å². The number of H-pyrrole nitrogens is 1. The monoisotopic (exact) mass is 400 g/mol. The first kappa shape index (κ1) is 17.7. The van der Waals surface area contributed by atoms with E-state index < -0.39 is 0 Å². The predicted octanol–water partition coefficient (Wildman–Crippen LogP) is 1.50. The Morgan fingerprint density at radius 2 is 2.25 bits per heavy atom. The standard InChI is InChI=1S/C19H24N6O2S/c26-17-5-1-4-15-12-7-13(10-24(9-12)19-23-22-11-28-19)16(25(15)17)8-21-18(27)14-3-2-6-20-14/h2-3,6,11-13,15-16,20H,1,4-5,7-10H2,(H,21,27)/t12-,13+,15+,16+/m1/s1. The first-order valence-electron chi connectivity index (χ1n) is 9.94. The van der Waals surface area contributed by atoms with Gasteiger partial charge in [-0.1, -0.05) is 11.3 Å². The van der Waals surface area contributed by atoms with E-state index in [9.17, 15) is 9.59 Å². The van der Waals surface area contributed by atoms with E-state index in [4.69, 9.17) is 0 Å². The van der Waals surface area contributed by atoms with Crippen molar-refractivity contribution >= 4 is 28.3 Å². The molecule has 3 aliphatic heterocycles. The number of hydrogen-bond acceptors (Lipinski definition) is 6.